The van der Waals surface area contributed by atoms with E-state index in [1.807, 2.05) is 42.5 Å². The monoisotopic (exact) mass is 805 g/mol. The molecule has 0 spiro atoms. The number of rotatable bonds is 21. The number of nitriles is 1. The number of aliphatic carboxylic acids is 1. The van der Waals surface area contributed by atoms with Gasteiger partial charge in [0.2, 0.25) is 0 Å². The predicted molar refractivity (Wildman–Crippen MR) is 223 cm³/mol. The molecule has 1 heterocycles. The Labute approximate surface area is 343 Å². The second kappa shape index (κ2) is 21.5. The van der Waals surface area contributed by atoms with Crippen LogP contribution >= 0.6 is 11.6 Å². The third kappa shape index (κ3) is 11.6. The minimum Gasteiger partial charge on any atom is -0.491 e. The first-order chi connectivity index (χ1) is 28.1. The van der Waals surface area contributed by atoms with Crippen LogP contribution in [0.2, 0.25) is 5.02 Å². The molecule has 1 aromatic heterocycles. The van der Waals surface area contributed by atoms with Crippen LogP contribution in [0.5, 0.6) is 17.2 Å². The van der Waals surface area contributed by atoms with Crippen LogP contribution in [0.3, 0.4) is 0 Å². The number of nitrogens with zero attached hydrogens (tertiary/aromatic N) is 2. The average molecular weight is 806 g/mol. The van der Waals surface area contributed by atoms with E-state index in [-0.39, 0.29) is 32.1 Å². The van der Waals surface area contributed by atoms with Crippen molar-refractivity contribution in [2.75, 3.05) is 39.9 Å². The lowest BCUT2D eigenvalue weighted by atomic mass is 9.89. The molecule has 0 bridgehead atoms. The maximum Gasteiger partial charge on any atom is 0.303 e. The number of amides is 1. The van der Waals surface area contributed by atoms with Gasteiger partial charge < -0.3 is 40.4 Å². The summed E-state index contributed by atoms with van der Waals surface area (Å²) >= 11 is 6.79. The molecule has 0 saturated carbocycles. The third-order valence-electron chi connectivity index (χ3n) is 9.53. The minimum atomic E-state index is -0.848. The largest absolute Gasteiger partial charge is 0.491 e. The van der Waals surface area contributed by atoms with E-state index in [1.165, 1.54) is 6.20 Å². The molecule has 0 aliphatic heterocycles. The van der Waals surface area contributed by atoms with Gasteiger partial charge in [-0.3, -0.25) is 14.6 Å². The number of benzene rings is 4. The quantitative estimate of drug-likeness (QED) is 0.0484. The van der Waals surface area contributed by atoms with Crippen molar-refractivity contribution in [1.29, 1.82) is 5.26 Å². The van der Waals surface area contributed by atoms with Crippen molar-refractivity contribution in [3.8, 4) is 45.6 Å². The van der Waals surface area contributed by atoms with Crippen LogP contribution in [0.15, 0.2) is 85.2 Å². The van der Waals surface area contributed by atoms with Crippen molar-refractivity contribution in [3.63, 3.8) is 0 Å². The number of carbonyl (C=O) groups excluding carboxylic acids is 1. The van der Waals surface area contributed by atoms with E-state index in [0.717, 1.165) is 50.1 Å². The van der Waals surface area contributed by atoms with Crippen molar-refractivity contribution in [2.24, 2.45) is 0 Å². The van der Waals surface area contributed by atoms with Gasteiger partial charge in [-0.15, -0.1) is 0 Å². The van der Waals surface area contributed by atoms with E-state index in [9.17, 15) is 14.9 Å². The number of hydrogen-bond acceptors (Lipinski definition) is 10. The van der Waals surface area contributed by atoms with E-state index in [1.54, 1.807) is 31.4 Å². The van der Waals surface area contributed by atoms with Gasteiger partial charge in [0, 0.05) is 62.7 Å². The number of aromatic nitrogens is 1. The standard InChI is InChI=1S/C45H48ClN5O7/c1-29-34(28-58-43-22-42(57-27-32-19-31(23-47)24-51-25-32)35(21-40(43)46)26-50-14-6-11-44(53)54)7-4-9-37(29)38-10-5-8-36(30(38)2)33-12-13-41(39(20-33)45(55)48-3)56-18-16-49-15-17-52/h4-5,7-10,12-13,19-22,24-25,49-50,52H,6,11,14-18,26-28H2,1-3H3,(H,48,55)(H,53,54). The van der Waals surface area contributed by atoms with Crippen LogP contribution in [0, 0.1) is 25.2 Å². The summed E-state index contributed by atoms with van der Waals surface area (Å²) in [5, 5.41) is 36.8. The van der Waals surface area contributed by atoms with Crippen molar-refractivity contribution < 1.29 is 34.0 Å². The first kappa shape index (κ1) is 43.2. The Morgan fingerprint density at radius 1 is 0.810 bits per heavy atom. The van der Waals surface area contributed by atoms with Crippen LogP contribution in [0.25, 0.3) is 22.3 Å². The number of pyridine rings is 1. The number of halogens is 1. The zero-order valence-electron chi connectivity index (χ0n) is 32.9. The molecule has 0 atom stereocenters. The average Bonchev–Trinajstić information content (AvgIpc) is 3.23. The third-order valence-corrected chi connectivity index (χ3v) is 9.83. The highest BCUT2D eigenvalue weighted by Crippen LogP contribution is 2.37. The molecule has 13 heteroatoms. The minimum absolute atomic E-state index is 0.0375. The number of hydrogen-bond donors (Lipinski definition) is 5. The summed E-state index contributed by atoms with van der Waals surface area (Å²) in [6.07, 6.45) is 3.67. The maximum atomic E-state index is 12.9. The molecule has 12 nitrogen and oxygen atoms in total. The lowest BCUT2D eigenvalue weighted by Crippen LogP contribution is -2.25. The summed E-state index contributed by atoms with van der Waals surface area (Å²) in [5.41, 5.74) is 9.31. The summed E-state index contributed by atoms with van der Waals surface area (Å²) in [4.78, 5) is 28.0. The van der Waals surface area contributed by atoms with Crippen LogP contribution in [0.1, 0.15) is 56.6 Å². The molecule has 0 fully saturated rings. The molecule has 0 unspecified atom stereocenters. The molecule has 1 amide bonds. The van der Waals surface area contributed by atoms with Gasteiger partial charge >= 0.3 is 5.97 Å². The van der Waals surface area contributed by atoms with Crippen molar-refractivity contribution in [3.05, 3.63) is 129 Å². The van der Waals surface area contributed by atoms with Crippen LogP contribution in [-0.2, 0) is 24.6 Å². The highest BCUT2D eigenvalue weighted by Gasteiger charge is 2.18. The Morgan fingerprint density at radius 3 is 2.33 bits per heavy atom. The molecule has 58 heavy (non-hydrogen) atoms. The number of carbonyl (C=O) groups is 2. The second-order valence-electron chi connectivity index (χ2n) is 13.5. The normalized spacial score (nSPS) is 10.8. The summed E-state index contributed by atoms with van der Waals surface area (Å²) in [6.45, 7) is 6.78. The first-order valence-corrected chi connectivity index (χ1v) is 19.3. The van der Waals surface area contributed by atoms with Gasteiger partial charge in [-0.2, -0.15) is 5.26 Å². The molecule has 302 valence electrons. The lowest BCUT2D eigenvalue weighted by molar-refractivity contribution is -0.137. The van der Waals surface area contributed by atoms with E-state index >= 15 is 0 Å². The number of aliphatic hydroxyl groups is 1. The summed E-state index contributed by atoms with van der Waals surface area (Å²) in [6, 6.07) is 25.2. The van der Waals surface area contributed by atoms with Gasteiger partial charge in [-0.25, -0.2) is 0 Å². The molecular weight excluding hydrogens is 758 g/mol. The number of nitrogens with one attached hydrogen (secondary N) is 3. The zero-order valence-corrected chi connectivity index (χ0v) is 33.6. The fourth-order valence-electron chi connectivity index (χ4n) is 6.44. The number of ether oxygens (including phenoxy) is 3. The van der Waals surface area contributed by atoms with Crippen molar-refractivity contribution in [2.45, 2.75) is 46.4 Å². The summed E-state index contributed by atoms with van der Waals surface area (Å²) < 4.78 is 18.5. The highest BCUT2D eigenvalue weighted by atomic mass is 35.5. The molecular formula is C45H48ClN5O7. The fraction of sp³-hybridized carbons (Fsp3) is 0.289. The van der Waals surface area contributed by atoms with E-state index < -0.39 is 5.97 Å². The lowest BCUT2D eigenvalue weighted by Gasteiger charge is -2.19. The molecule has 5 N–H and O–H groups in total. The molecule has 0 saturated heterocycles. The predicted octanol–water partition coefficient (Wildman–Crippen LogP) is 6.99. The van der Waals surface area contributed by atoms with Gasteiger partial charge in [-0.05, 0) is 90.0 Å². The van der Waals surface area contributed by atoms with Gasteiger partial charge in [0.25, 0.3) is 5.91 Å². The highest BCUT2D eigenvalue weighted by molar-refractivity contribution is 6.32. The first-order valence-electron chi connectivity index (χ1n) is 19.0. The zero-order chi connectivity index (χ0) is 41.4. The Morgan fingerprint density at radius 2 is 1.57 bits per heavy atom. The molecule has 0 aliphatic carbocycles. The number of carboxylic acid groups (broad SMARTS) is 1. The van der Waals surface area contributed by atoms with E-state index in [2.05, 4.69) is 53.0 Å². The van der Waals surface area contributed by atoms with Crippen LogP contribution in [0.4, 0.5) is 0 Å². The SMILES string of the molecule is CNC(=O)c1cc(-c2cccc(-c3cccc(COc4cc(OCc5cncc(C#N)c5)c(CNCCCC(=O)O)cc4Cl)c3C)c2C)ccc1OCCNCCO. The number of carboxylic acids is 1. The van der Waals surface area contributed by atoms with Crippen molar-refractivity contribution in [1.82, 2.24) is 20.9 Å². The smallest absolute Gasteiger partial charge is 0.303 e. The van der Waals surface area contributed by atoms with Crippen LogP contribution < -0.4 is 30.2 Å². The maximum absolute atomic E-state index is 12.9. The van der Waals surface area contributed by atoms with Crippen molar-refractivity contribution >= 4 is 23.5 Å². The fourth-order valence-corrected chi connectivity index (χ4v) is 6.68. The Balaban J connectivity index is 1.37. The van der Waals surface area contributed by atoms with Gasteiger partial charge in [0.05, 0.1) is 22.8 Å². The Kier molecular flexibility index (Phi) is 16.0. The summed E-state index contributed by atoms with van der Waals surface area (Å²) in [5.74, 6) is 0.336. The molecule has 0 aliphatic rings. The molecule has 5 rings (SSSR count). The molecule has 0 radical (unpaired) electrons. The Hall–Kier alpha value is -5.97. The molecule has 4 aromatic carbocycles. The Bertz CT molecular complexity index is 2260. The molecule has 5 aromatic rings. The second-order valence-corrected chi connectivity index (χ2v) is 13.9. The van der Waals surface area contributed by atoms with Gasteiger partial charge in [0.1, 0.15) is 43.1 Å². The van der Waals surface area contributed by atoms with E-state index in [4.69, 9.17) is 36.0 Å². The van der Waals surface area contributed by atoms with E-state index in [0.29, 0.717) is 72.6 Å². The van der Waals surface area contributed by atoms with Gasteiger partial charge in [-0.1, -0.05) is 54.1 Å². The summed E-state index contributed by atoms with van der Waals surface area (Å²) in [7, 11) is 1.59. The topological polar surface area (TPSA) is 175 Å². The van der Waals surface area contributed by atoms with Crippen LogP contribution in [-0.4, -0.2) is 67.0 Å². The number of aliphatic hydroxyl groups excluding tert-OH is 1. The van der Waals surface area contributed by atoms with Gasteiger partial charge in [0.15, 0.2) is 0 Å².